The number of ether oxygens (including phenoxy) is 1. The normalized spacial score (nSPS) is 9.88. The first-order valence-electron chi connectivity index (χ1n) is 8.03. The topological polar surface area (TPSA) is 84.5 Å². The van der Waals surface area contributed by atoms with Gasteiger partial charge in [0.2, 0.25) is 0 Å². The van der Waals surface area contributed by atoms with Gasteiger partial charge in [-0.3, -0.25) is 14.4 Å². The molecule has 0 aliphatic carbocycles. The summed E-state index contributed by atoms with van der Waals surface area (Å²) in [6.07, 6.45) is 1.57. The van der Waals surface area contributed by atoms with Crippen molar-refractivity contribution in [3.05, 3.63) is 72.3 Å². The molecule has 0 bridgehead atoms. The molecule has 6 heteroatoms. The summed E-state index contributed by atoms with van der Waals surface area (Å²) in [7, 11) is 0. The third-order valence-corrected chi connectivity index (χ3v) is 3.48. The molecule has 0 aromatic heterocycles. The molecule has 0 atom stereocenters. The molecule has 2 amide bonds. The Hall–Kier alpha value is -3.41. The van der Waals surface area contributed by atoms with Gasteiger partial charge in [0, 0.05) is 12.1 Å². The van der Waals surface area contributed by atoms with Gasteiger partial charge in [-0.1, -0.05) is 18.2 Å². The molecule has 0 saturated carbocycles. The lowest BCUT2D eigenvalue weighted by atomic mass is 10.1. The van der Waals surface area contributed by atoms with E-state index in [0.717, 1.165) is 0 Å². The summed E-state index contributed by atoms with van der Waals surface area (Å²) in [5, 5.41) is 5.33. The largest absolute Gasteiger partial charge is 0.484 e. The van der Waals surface area contributed by atoms with Crippen LogP contribution in [-0.4, -0.2) is 30.7 Å². The van der Waals surface area contributed by atoms with Crippen molar-refractivity contribution in [2.45, 2.75) is 6.92 Å². The minimum Gasteiger partial charge on any atom is -0.484 e. The fourth-order valence-electron chi connectivity index (χ4n) is 2.17. The summed E-state index contributed by atoms with van der Waals surface area (Å²) in [4.78, 5) is 35.5. The third kappa shape index (κ3) is 5.31. The van der Waals surface area contributed by atoms with Crippen LogP contribution in [0.1, 0.15) is 27.6 Å². The van der Waals surface area contributed by atoms with Crippen LogP contribution in [0, 0.1) is 0 Å². The smallest absolute Gasteiger partial charge is 0.262 e. The first-order valence-corrected chi connectivity index (χ1v) is 8.03. The molecule has 26 heavy (non-hydrogen) atoms. The van der Waals surface area contributed by atoms with Gasteiger partial charge in [-0.05, 0) is 43.3 Å². The highest BCUT2D eigenvalue weighted by atomic mass is 16.5. The summed E-state index contributed by atoms with van der Waals surface area (Å²) in [5.74, 6) is -0.269. The quantitative estimate of drug-likeness (QED) is 0.565. The lowest BCUT2D eigenvalue weighted by Gasteiger charge is -2.11. The first-order chi connectivity index (χ1) is 12.5. The number of carbonyl (C=O) groups excluding carboxylic acids is 3. The molecule has 6 nitrogen and oxygen atoms in total. The van der Waals surface area contributed by atoms with Crippen molar-refractivity contribution in [1.82, 2.24) is 5.32 Å². The molecule has 2 rings (SSSR count). The van der Waals surface area contributed by atoms with Gasteiger partial charge in [-0.2, -0.15) is 0 Å². The summed E-state index contributed by atoms with van der Waals surface area (Å²) in [6, 6.07) is 13.2. The molecular weight excluding hydrogens is 332 g/mol. The Balaban J connectivity index is 1.96. The standard InChI is InChI=1S/C20H20N2O4/c1-3-12-21-20(25)17-6-4-5-7-18(17)22-19(24)13-26-16-10-8-15(9-11-16)14(2)23/h3-11H,1,12-13H2,2H3,(H,21,25)(H,22,24). The second-order valence-corrected chi connectivity index (χ2v) is 5.46. The Morgan fingerprint density at radius 2 is 1.77 bits per heavy atom. The van der Waals surface area contributed by atoms with E-state index in [4.69, 9.17) is 4.74 Å². The molecule has 0 aliphatic heterocycles. The molecule has 2 aromatic carbocycles. The van der Waals surface area contributed by atoms with Crippen LogP contribution in [0.5, 0.6) is 5.75 Å². The number of nitrogens with one attached hydrogen (secondary N) is 2. The van der Waals surface area contributed by atoms with Crippen LogP contribution < -0.4 is 15.4 Å². The van der Waals surface area contributed by atoms with E-state index in [0.29, 0.717) is 29.1 Å². The fourth-order valence-corrected chi connectivity index (χ4v) is 2.17. The van der Waals surface area contributed by atoms with Crippen LogP contribution in [0.3, 0.4) is 0 Å². The maximum atomic E-state index is 12.1. The third-order valence-electron chi connectivity index (χ3n) is 3.48. The zero-order valence-electron chi connectivity index (χ0n) is 14.5. The second kappa shape index (κ2) is 9.17. The molecule has 0 saturated heterocycles. The van der Waals surface area contributed by atoms with E-state index in [1.807, 2.05) is 0 Å². The Kier molecular flexibility index (Phi) is 6.68. The van der Waals surface area contributed by atoms with Crippen molar-refractivity contribution in [2.24, 2.45) is 0 Å². The van der Waals surface area contributed by atoms with Crippen LogP contribution in [0.4, 0.5) is 5.69 Å². The van der Waals surface area contributed by atoms with E-state index in [9.17, 15) is 14.4 Å². The Bertz CT molecular complexity index is 813. The van der Waals surface area contributed by atoms with E-state index >= 15 is 0 Å². The number of amides is 2. The van der Waals surface area contributed by atoms with Gasteiger partial charge < -0.3 is 15.4 Å². The molecule has 0 aliphatic rings. The number of anilines is 1. The van der Waals surface area contributed by atoms with Crippen molar-refractivity contribution in [3.8, 4) is 5.75 Å². The minimum absolute atomic E-state index is 0.0411. The number of benzene rings is 2. The van der Waals surface area contributed by atoms with Gasteiger partial charge in [-0.25, -0.2) is 0 Å². The number of para-hydroxylation sites is 1. The van der Waals surface area contributed by atoms with Gasteiger partial charge in [0.05, 0.1) is 11.3 Å². The van der Waals surface area contributed by atoms with Gasteiger partial charge in [-0.15, -0.1) is 6.58 Å². The predicted octanol–water partition coefficient (Wildman–Crippen LogP) is 2.82. The van der Waals surface area contributed by atoms with Crippen molar-refractivity contribution >= 4 is 23.3 Å². The van der Waals surface area contributed by atoms with Gasteiger partial charge in [0.15, 0.2) is 12.4 Å². The van der Waals surface area contributed by atoms with E-state index in [2.05, 4.69) is 17.2 Å². The number of hydrogen-bond donors (Lipinski definition) is 2. The highest BCUT2D eigenvalue weighted by Crippen LogP contribution is 2.16. The van der Waals surface area contributed by atoms with Crippen molar-refractivity contribution in [3.63, 3.8) is 0 Å². The van der Waals surface area contributed by atoms with Crippen LogP contribution in [-0.2, 0) is 4.79 Å². The molecule has 0 unspecified atom stereocenters. The second-order valence-electron chi connectivity index (χ2n) is 5.46. The number of rotatable bonds is 8. The lowest BCUT2D eigenvalue weighted by Crippen LogP contribution is -2.26. The zero-order chi connectivity index (χ0) is 18.9. The molecule has 0 radical (unpaired) electrons. The van der Waals surface area contributed by atoms with E-state index in [1.54, 1.807) is 54.6 Å². The number of hydrogen-bond acceptors (Lipinski definition) is 4. The summed E-state index contributed by atoms with van der Waals surface area (Å²) in [6.45, 7) is 5.14. The van der Waals surface area contributed by atoms with Gasteiger partial charge >= 0.3 is 0 Å². The van der Waals surface area contributed by atoms with Gasteiger partial charge in [0.1, 0.15) is 5.75 Å². The molecule has 0 spiro atoms. The fraction of sp³-hybridized carbons (Fsp3) is 0.150. The van der Waals surface area contributed by atoms with Crippen LogP contribution in [0.25, 0.3) is 0 Å². The maximum Gasteiger partial charge on any atom is 0.262 e. The Labute approximate surface area is 151 Å². The number of Topliss-reactive ketones (excluding diaryl/α,β-unsaturated/α-hetero) is 1. The zero-order valence-corrected chi connectivity index (χ0v) is 14.5. The predicted molar refractivity (Wildman–Crippen MR) is 99.5 cm³/mol. The molecule has 2 aromatic rings. The SMILES string of the molecule is C=CCNC(=O)c1ccccc1NC(=O)COc1ccc(C(C)=O)cc1. The minimum atomic E-state index is -0.399. The highest BCUT2D eigenvalue weighted by Gasteiger charge is 2.12. The Morgan fingerprint density at radius 3 is 2.42 bits per heavy atom. The molecular formula is C20H20N2O4. The van der Waals surface area contributed by atoms with Crippen LogP contribution in [0.15, 0.2) is 61.2 Å². The van der Waals surface area contributed by atoms with E-state index in [-0.39, 0.29) is 18.3 Å². The monoisotopic (exact) mass is 352 g/mol. The Morgan fingerprint density at radius 1 is 1.08 bits per heavy atom. The highest BCUT2D eigenvalue weighted by molar-refractivity contribution is 6.04. The molecule has 134 valence electrons. The van der Waals surface area contributed by atoms with Crippen molar-refractivity contribution in [1.29, 1.82) is 0 Å². The maximum absolute atomic E-state index is 12.1. The van der Waals surface area contributed by atoms with Crippen molar-refractivity contribution < 1.29 is 19.1 Å². The lowest BCUT2D eigenvalue weighted by molar-refractivity contribution is -0.118. The summed E-state index contributed by atoms with van der Waals surface area (Å²) < 4.78 is 5.40. The average molecular weight is 352 g/mol. The molecule has 0 heterocycles. The van der Waals surface area contributed by atoms with Crippen LogP contribution >= 0.6 is 0 Å². The number of ketones is 1. The van der Waals surface area contributed by atoms with Gasteiger partial charge in [0.25, 0.3) is 11.8 Å². The molecule has 2 N–H and O–H groups in total. The first kappa shape index (κ1) is 18.9. The van der Waals surface area contributed by atoms with E-state index < -0.39 is 5.91 Å². The van der Waals surface area contributed by atoms with Crippen molar-refractivity contribution in [2.75, 3.05) is 18.5 Å². The molecule has 0 fully saturated rings. The number of carbonyl (C=O) groups is 3. The average Bonchev–Trinajstić information content (AvgIpc) is 2.65. The van der Waals surface area contributed by atoms with E-state index in [1.165, 1.54) is 6.92 Å². The van der Waals surface area contributed by atoms with Crippen LogP contribution in [0.2, 0.25) is 0 Å². The summed E-state index contributed by atoms with van der Waals surface area (Å²) in [5.41, 5.74) is 1.32. The summed E-state index contributed by atoms with van der Waals surface area (Å²) >= 11 is 0.